The molecule has 6 heteroatoms. The molecule has 6 nitrogen and oxygen atoms in total. The number of carbonyl (C=O) groups is 2. The third-order valence-corrected chi connectivity index (χ3v) is 4.87. The SMILES string of the molecule is COc1ccccc1C(=O)N(CC(=O)N(Cc1cccn1C)CC(C)C)C(C)C. The van der Waals surface area contributed by atoms with Gasteiger partial charge in [-0.3, -0.25) is 9.59 Å². The van der Waals surface area contributed by atoms with Crippen molar-refractivity contribution in [2.24, 2.45) is 13.0 Å². The van der Waals surface area contributed by atoms with E-state index in [4.69, 9.17) is 4.74 Å². The van der Waals surface area contributed by atoms with Gasteiger partial charge >= 0.3 is 0 Å². The van der Waals surface area contributed by atoms with Gasteiger partial charge < -0.3 is 19.1 Å². The van der Waals surface area contributed by atoms with Crippen molar-refractivity contribution < 1.29 is 14.3 Å². The number of nitrogens with zero attached hydrogens (tertiary/aromatic N) is 3. The summed E-state index contributed by atoms with van der Waals surface area (Å²) in [6, 6.07) is 11.0. The van der Waals surface area contributed by atoms with Crippen LogP contribution in [0.25, 0.3) is 0 Å². The Labute approximate surface area is 174 Å². The normalized spacial score (nSPS) is 11.0. The van der Waals surface area contributed by atoms with Gasteiger partial charge in [-0.15, -0.1) is 0 Å². The average Bonchev–Trinajstić information content (AvgIpc) is 3.08. The number of methoxy groups -OCH3 is 1. The molecule has 0 bridgehead atoms. The van der Waals surface area contributed by atoms with Crippen molar-refractivity contribution in [2.75, 3.05) is 20.2 Å². The van der Waals surface area contributed by atoms with Crippen molar-refractivity contribution in [3.8, 4) is 5.75 Å². The highest BCUT2D eigenvalue weighted by molar-refractivity contribution is 5.99. The summed E-state index contributed by atoms with van der Waals surface area (Å²) in [7, 11) is 3.51. The zero-order chi connectivity index (χ0) is 21.6. The van der Waals surface area contributed by atoms with Crippen molar-refractivity contribution in [1.29, 1.82) is 0 Å². The van der Waals surface area contributed by atoms with Gasteiger partial charge in [0.1, 0.15) is 12.3 Å². The van der Waals surface area contributed by atoms with Gasteiger partial charge in [0.05, 0.1) is 19.2 Å². The molecule has 0 saturated carbocycles. The monoisotopic (exact) mass is 399 g/mol. The Morgan fingerprint density at radius 1 is 1.07 bits per heavy atom. The summed E-state index contributed by atoms with van der Waals surface area (Å²) in [5, 5.41) is 0. The maximum Gasteiger partial charge on any atom is 0.258 e. The number of amides is 2. The number of benzene rings is 1. The van der Waals surface area contributed by atoms with E-state index >= 15 is 0 Å². The molecule has 2 aromatic rings. The van der Waals surface area contributed by atoms with Crippen molar-refractivity contribution >= 4 is 11.8 Å². The first kappa shape index (κ1) is 22.5. The summed E-state index contributed by atoms with van der Waals surface area (Å²) in [5.74, 6) is 0.584. The van der Waals surface area contributed by atoms with E-state index < -0.39 is 0 Å². The summed E-state index contributed by atoms with van der Waals surface area (Å²) in [6.45, 7) is 9.21. The number of rotatable bonds is 9. The lowest BCUT2D eigenvalue weighted by atomic mass is 10.1. The molecule has 0 atom stereocenters. The van der Waals surface area contributed by atoms with Gasteiger partial charge in [-0.2, -0.15) is 0 Å². The molecule has 158 valence electrons. The highest BCUT2D eigenvalue weighted by atomic mass is 16.5. The molecule has 0 aliphatic carbocycles. The molecule has 0 aliphatic rings. The summed E-state index contributed by atoms with van der Waals surface area (Å²) < 4.78 is 7.35. The van der Waals surface area contributed by atoms with Crippen LogP contribution in [0.15, 0.2) is 42.6 Å². The largest absolute Gasteiger partial charge is 0.496 e. The van der Waals surface area contributed by atoms with E-state index in [2.05, 4.69) is 13.8 Å². The van der Waals surface area contributed by atoms with Crippen LogP contribution in [0, 0.1) is 5.92 Å². The van der Waals surface area contributed by atoms with Crippen molar-refractivity contribution in [3.05, 3.63) is 53.9 Å². The lowest BCUT2D eigenvalue weighted by Crippen LogP contribution is -2.46. The Bertz CT molecular complexity index is 826. The minimum absolute atomic E-state index is 0.0334. The molecule has 0 saturated heterocycles. The van der Waals surface area contributed by atoms with Crippen LogP contribution in [0.5, 0.6) is 5.75 Å². The molecular formula is C23H33N3O3. The van der Waals surface area contributed by atoms with E-state index in [9.17, 15) is 9.59 Å². The van der Waals surface area contributed by atoms with E-state index in [0.29, 0.717) is 30.3 Å². The molecule has 29 heavy (non-hydrogen) atoms. The van der Waals surface area contributed by atoms with Crippen LogP contribution in [0.2, 0.25) is 0 Å². The predicted octanol–water partition coefficient (Wildman–Crippen LogP) is 3.57. The maximum atomic E-state index is 13.2. The van der Waals surface area contributed by atoms with E-state index in [-0.39, 0.29) is 24.4 Å². The molecule has 0 aliphatic heterocycles. The summed E-state index contributed by atoms with van der Waals surface area (Å²) in [5.41, 5.74) is 1.53. The van der Waals surface area contributed by atoms with Gasteiger partial charge in [0.25, 0.3) is 5.91 Å². The quantitative estimate of drug-likeness (QED) is 0.648. The van der Waals surface area contributed by atoms with Gasteiger partial charge in [-0.1, -0.05) is 26.0 Å². The number of aromatic nitrogens is 1. The molecule has 1 aromatic carbocycles. The Balaban J connectivity index is 2.23. The Morgan fingerprint density at radius 2 is 1.76 bits per heavy atom. The molecule has 2 rings (SSSR count). The van der Waals surface area contributed by atoms with Crippen LogP contribution in [0.1, 0.15) is 43.7 Å². The number of carbonyl (C=O) groups excluding carboxylic acids is 2. The summed E-state index contributed by atoms with van der Waals surface area (Å²) in [4.78, 5) is 29.8. The van der Waals surface area contributed by atoms with E-state index in [0.717, 1.165) is 5.69 Å². The summed E-state index contributed by atoms with van der Waals surface area (Å²) in [6.07, 6.45) is 1.97. The molecule has 2 amide bonds. The van der Waals surface area contributed by atoms with E-state index in [1.54, 1.807) is 30.2 Å². The predicted molar refractivity (Wildman–Crippen MR) is 115 cm³/mol. The minimum atomic E-state index is -0.200. The highest BCUT2D eigenvalue weighted by Gasteiger charge is 2.26. The Hall–Kier alpha value is -2.76. The zero-order valence-electron chi connectivity index (χ0n) is 18.4. The molecule has 1 aromatic heterocycles. The number of hydrogen-bond donors (Lipinski definition) is 0. The first-order valence-electron chi connectivity index (χ1n) is 10.1. The van der Waals surface area contributed by atoms with E-state index in [1.807, 2.05) is 54.8 Å². The second-order valence-corrected chi connectivity index (χ2v) is 8.01. The Morgan fingerprint density at radius 3 is 2.31 bits per heavy atom. The standard InChI is InChI=1S/C23H33N3O3/c1-17(2)14-25(15-19-10-9-13-24(19)5)22(27)16-26(18(3)4)23(28)20-11-7-8-12-21(20)29-6/h7-13,17-18H,14-16H2,1-6H3. The fourth-order valence-corrected chi connectivity index (χ4v) is 3.26. The van der Waals surface area contributed by atoms with Crippen LogP contribution >= 0.6 is 0 Å². The van der Waals surface area contributed by atoms with Crippen molar-refractivity contribution in [1.82, 2.24) is 14.4 Å². The minimum Gasteiger partial charge on any atom is -0.496 e. The van der Waals surface area contributed by atoms with Crippen LogP contribution < -0.4 is 4.74 Å². The number of ether oxygens (including phenoxy) is 1. The van der Waals surface area contributed by atoms with E-state index in [1.165, 1.54) is 0 Å². The van der Waals surface area contributed by atoms with Gasteiger partial charge in [0.15, 0.2) is 0 Å². The smallest absolute Gasteiger partial charge is 0.258 e. The second kappa shape index (κ2) is 10.1. The third kappa shape index (κ3) is 5.86. The zero-order valence-corrected chi connectivity index (χ0v) is 18.4. The molecule has 0 spiro atoms. The van der Waals surface area contributed by atoms with Gasteiger partial charge in [0.2, 0.25) is 5.91 Å². The number of para-hydroxylation sites is 1. The molecule has 0 fully saturated rings. The molecule has 1 heterocycles. The topological polar surface area (TPSA) is 54.8 Å². The fraction of sp³-hybridized carbons (Fsp3) is 0.478. The van der Waals surface area contributed by atoms with Crippen LogP contribution in [0.4, 0.5) is 0 Å². The van der Waals surface area contributed by atoms with Crippen LogP contribution in [0.3, 0.4) is 0 Å². The third-order valence-electron chi connectivity index (χ3n) is 4.87. The van der Waals surface area contributed by atoms with Crippen LogP contribution in [-0.2, 0) is 18.4 Å². The molecule has 0 radical (unpaired) electrons. The van der Waals surface area contributed by atoms with Crippen molar-refractivity contribution in [2.45, 2.75) is 40.3 Å². The van der Waals surface area contributed by atoms with Gasteiger partial charge in [-0.05, 0) is 44.0 Å². The average molecular weight is 400 g/mol. The van der Waals surface area contributed by atoms with Gasteiger partial charge in [-0.25, -0.2) is 0 Å². The van der Waals surface area contributed by atoms with Crippen molar-refractivity contribution in [3.63, 3.8) is 0 Å². The number of aryl methyl sites for hydroxylation is 1. The Kier molecular flexibility index (Phi) is 7.88. The summed E-state index contributed by atoms with van der Waals surface area (Å²) >= 11 is 0. The van der Waals surface area contributed by atoms with Gasteiger partial charge in [0, 0.05) is 31.5 Å². The lowest BCUT2D eigenvalue weighted by Gasteiger charge is -2.31. The lowest BCUT2D eigenvalue weighted by molar-refractivity contribution is -0.133. The van der Waals surface area contributed by atoms with Crippen LogP contribution in [-0.4, -0.2) is 52.4 Å². The fourth-order valence-electron chi connectivity index (χ4n) is 3.26. The first-order chi connectivity index (χ1) is 13.7. The second-order valence-electron chi connectivity index (χ2n) is 8.01. The molecule has 0 N–H and O–H groups in total. The number of hydrogen-bond acceptors (Lipinski definition) is 3. The molecular weight excluding hydrogens is 366 g/mol. The maximum absolute atomic E-state index is 13.2. The first-order valence-corrected chi connectivity index (χ1v) is 10.1. The molecule has 0 unspecified atom stereocenters. The highest BCUT2D eigenvalue weighted by Crippen LogP contribution is 2.21.